The van der Waals surface area contributed by atoms with Crippen LogP contribution in [0.5, 0.6) is 17.2 Å². The van der Waals surface area contributed by atoms with Gasteiger partial charge < -0.3 is 19.6 Å². The Hall–Kier alpha value is -2.80. The topological polar surface area (TPSA) is 91.8 Å². The minimum Gasteiger partial charge on any atom is -0.484 e. The lowest BCUT2D eigenvalue weighted by Gasteiger charge is -2.10. The summed E-state index contributed by atoms with van der Waals surface area (Å²) in [6.45, 7) is 1.39. The Bertz CT molecular complexity index is 1010. The summed E-state index contributed by atoms with van der Waals surface area (Å²) in [5.74, 6) is 0.757. The van der Waals surface area contributed by atoms with E-state index in [1.54, 1.807) is 31.2 Å². The van der Waals surface area contributed by atoms with Gasteiger partial charge in [-0.05, 0) is 47.1 Å². The highest BCUT2D eigenvalue weighted by Gasteiger charge is 2.15. The minimum absolute atomic E-state index is 0.116. The Labute approximate surface area is 151 Å². The molecule has 25 heavy (non-hydrogen) atoms. The van der Waals surface area contributed by atoms with Crippen molar-refractivity contribution in [1.29, 1.82) is 0 Å². The van der Waals surface area contributed by atoms with Gasteiger partial charge in [0.05, 0.1) is 9.86 Å². The molecule has 2 N–H and O–H groups in total. The fraction of sp³-hybridized carbons (Fsp3) is 0.111. The third-order valence-electron chi connectivity index (χ3n) is 3.42. The number of carbonyl (C=O) groups is 1. The van der Waals surface area contributed by atoms with Gasteiger partial charge in [-0.1, -0.05) is 12.1 Å². The van der Waals surface area contributed by atoms with E-state index in [4.69, 9.17) is 19.6 Å². The van der Waals surface area contributed by atoms with Crippen LogP contribution in [0.3, 0.4) is 0 Å². The number of primary amides is 1. The highest BCUT2D eigenvalue weighted by molar-refractivity contribution is 9.10. The predicted molar refractivity (Wildman–Crippen MR) is 96.1 cm³/mol. The number of halogens is 1. The molecule has 0 aliphatic carbocycles. The molecule has 0 unspecified atom stereocenters. The molecule has 1 amide bonds. The molecule has 0 radical (unpaired) electrons. The lowest BCUT2D eigenvalue weighted by Crippen LogP contribution is -2.20. The summed E-state index contributed by atoms with van der Waals surface area (Å²) in [5.41, 5.74) is 5.09. The van der Waals surface area contributed by atoms with Crippen LogP contribution in [-0.2, 0) is 4.79 Å². The number of aryl methyl sites for hydroxylation is 1. The molecule has 3 rings (SSSR count). The van der Waals surface area contributed by atoms with Crippen molar-refractivity contribution in [2.24, 2.45) is 5.73 Å². The van der Waals surface area contributed by atoms with E-state index in [2.05, 4.69) is 15.9 Å². The first-order valence-electron chi connectivity index (χ1n) is 7.36. The number of amides is 1. The van der Waals surface area contributed by atoms with Gasteiger partial charge >= 0.3 is 0 Å². The number of hydrogen-bond donors (Lipinski definition) is 1. The van der Waals surface area contributed by atoms with Crippen molar-refractivity contribution in [3.05, 3.63) is 62.9 Å². The Balaban J connectivity index is 2.01. The minimum atomic E-state index is -0.588. The van der Waals surface area contributed by atoms with Gasteiger partial charge in [0.1, 0.15) is 22.8 Å². The van der Waals surface area contributed by atoms with Crippen LogP contribution in [0, 0.1) is 6.92 Å². The molecule has 1 aromatic heterocycles. The van der Waals surface area contributed by atoms with Crippen LogP contribution >= 0.6 is 15.9 Å². The second-order valence-electron chi connectivity index (χ2n) is 5.26. The Morgan fingerprint density at radius 1 is 1.24 bits per heavy atom. The Morgan fingerprint density at radius 3 is 2.72 bits per heavy atom. The van der Waals surface area contributed by atoms with Crippen molar-refractivity contribution in [2.75, 3.05) is 6.61 Å². The molecule has 3 aromatic rings. The molecule has 0 fully saturated rings. The molecule has 6 nitrogen and oxygen atoms in total. The number of nitrogens with two attached hydrogens (primary N) is 1. The maximum absolute atomic E-state index is 12.7. The van der Waals surface area contributed by atoms with Crippen molar-refractivity contribution in [1.82, 2.24) is 0 Å². The number of para-hydroxylation sites is 1. The zero-order valence-electron chi connectivity index (χ0n) is 13.2. The maximum Gasteiger partial charge on any atom is 0.255 e. The largest absolute Gasteiger partial charge is 0.484 e. The van der Waals surface area contributed by atoms with Gasteiger partial charge in [0.15, 0.2) is 6.61 Å². The van der Waals surface area contributed by atoms with E-state index < -0.39 is 5.91 Å². The Morgan fingerprint density at radius 2 is 2.00 bits per heavy atom. The number of carbonyl (C=O) groups excluding carboxylic acids is 1. The van der Waals surface area contributed by atoms with Gasteiger partial charge in [0.2, 0.25) is 11.2 Å². The number of benzene rings is 2. The first-order valence-corrected chi connectivity index (χ1v) is 8.16. The first-order chi connectivity index (χ1) is 12.0. The van der Waals surface area contributed by atoms with E-state index in [0.29, 0.717) is 28.2 Å². The zero-order valence-corrected chi connectivity index (χ0v) is 14.8. The average Bonchev–Trinajstić information content (AvgIpc) is 2.58. The van der Waals surface area contributed by atoms with Crippen LogP contribution in [0.15, 0.2) is 56.1 Å². The van der Waals surface area contributed by atoms with Crippen LogP contribution < -0.4 is 20.6 Å². The van der Waals surface area contributed by atoms with E-state index in [-0.39, 0.29) is 17.8 Å². The molecule has 0 saturated carbocycles. The van der Waals surface area contributed by atoms with Crippen molar-refractivity contribution in [3.8, 4) is 17.2 Å². The molecule has 0 bridgehead atoms. The van der Waals surface area contributed by atoms with Crippen LogP contribution in [0.4, 0.5) is 0 Å². The highest BCUT2D eigenvalue weighted by Crippen LogP contribution is 2.31. The Kier molecular flexibility index (Phi) is 4.76. The van der Waals surface area contributed by atoms with Crippen LogP contribution in [0.25, 0.3) is 11.0 Å². The van der Waals surface area contributed by atoms with Crippen LogP contribution in [0.2, 0.25) is 0 Å². The summed E-state index contributed by atoms with van der Waals surface area (Å²) < 4.78 is 17.4. The third-order valence-corrected chi connectivity index (χ3v) is 4.07. The molecule has 0 atom stereocenters. The molecule has 128 valence electrons. The maximum atomic E-state index is 12.7. The number of rotatable bonds is 5. The molecule has 2 aromatic carbocycles. The van der Waals surface area contributed by atoms with E-state index in [1.165, 1.54) is 6.07 Å². The smallest absolute Gasteiger partial charge is 0.255 e. The molecule has 0 spiro atoms. The summed E-state index contributed by atoms with van der Waals surface area (Å²) in [4.78, 5) is 23.5. The van der Waals surface area contributed by atoms with Crippen LogP contribution in [-0.4, -0.2) is 12.5 Å². The number of hydrogen-bond acceptors (Lipinski definition) is 5. The molecule has 7 heteroatoms. The molecular formula is C18H14BrNO5. The highest BCUT2D eigenvalue weighted by atomic mass is 79.9. The normalized spacial score (nSPS) is 10.6. The van der Waals surface area contributed by atoms with Gasteiger partial charge in [-0.2, -0.15) is 0 Å². The zero-order chi connectivity index (χ0) is 18.0. The van der Waals surface area contributed by atoms with Gasteiger partial charge in [-0.3, -0.25) is 9.59 Å². The fourth-order valence-electron chi connectivity index (χ4n) is 2.27. The quantitative estimate of drug-likeness (QED) is 0.703. The summed E-state index contributed by atoms with van der Waals surface area (Å²) in [7, 11) is 0. The summed E-state index contributed by atoms with van der Waals surface area (Å²) in [6.07, 6.45) is 0. The van der Waals surface area contributed by atoms with Crippen molar-refractivity contribution >= 4 is 32.8 Å². The predicted octanol–water partition coefficient (Wildman–Crippen LogP) is 3.52. The van der Waals surface area contributed by atoms with Gasteiger partial charge in [0.25, 0.3) is 5.91 Å². The molecule has 1 heterocycles. The van der Waals surface area contributed by atoms with Crippen molar-refractivity contribution < 1.29 is 18.7 Å². The van der Waals surface area contributed by atoms with Gasteiger partial charge in [0, 0.05) is 6.07 Å². The number of ether oxygens (including phenoxy) is 2. The number of fused-ring (bicyclic) bond motifs is 1. The van der Waals surface area contributed by atoms with Crippen molar-refractivity contribution in [2.45, 2.75) is 6.92 Å². The average molecular weight is 404 g/mol. The third kappa shape index (κ3) is 3.66. The standard InChI is InChI=1S/C18H14BrNO5/c1-10-18(25-14-5-3-2-4-13(14)19)17(22)12-7-6-11(8-15(12)24-10)23-9-16(20)21/h2-8H,9H2,1H3,(H2,20,21). The second-order valence-corrected chi connectivity index (χ2v) is 6.12. The van der Waals surface area contributed by atoms with E-state index in [9.17, 15) is 9.59 Å². The van der Waals surface area contributed by atoms with E-state index in [1.807, 2.05) is 12.1 Å². The van der Waals surface area contributed by atoms with E-state index in [0.717, 1.165) is 4.47 Å². The van der Waals surface area contributed by atoms with E-state index >= 15 is 0 Å². The molecule has 0 aliphatic heterocycles. The molecule has 0 saturated heterocycles. The second kappa shape index (κ2) is 6.98. The summed E-state index contributed by atoms with van der Waals surface area (Å²) in [6, 6.07) is 11.9. The van der Waals surface area contributed by atoms with Gasteiger partial charge in [-0.15, -0.1) is 0 Å². The van der Waals surface area contributed by atoms with Gasteiger partial charge in [-0.25, -0.2) is 0 Å². The molecular weight excluding hydrogens is 390 g/mol. The SMILES string of the molecule is Cc1oc2cc(OCC(N)=O)ccc2c(=O)c1Oc1ccccc1Br. The molecule has 0 aliphatic rings. The summed E-state index contributed by atoms with van der Waals surface area (Å²) >= 11 is 3.38. The summed E-state index contributed by atoms with van der Waals surface area (Å²) in [5, 5.41) is 0.346. The monoisotopic (exact) mass is 403 g/mol. The van der Waals surface area contributed by atoms with Crippen molar-refractivity contribution in [3.63, 3.8) is 0 Å². The lowest BCUT2D eigenvalue weighted by atomic mass is 10.2. The fourth-order valence-corrected chi connectivity index (χ4v) is 2.63. The van der Waals surface area contributed by atoms with Crippen LogP contribution in [0.1, 0.15) is 5.76 Å². The first kappa shape index (κ1) is 17.0. The lowest BCUT2D eigenvalue weighted by molar-refractivity contribution is -0.119.